The minimum atomic E-state index is -0.808. The summed E-state index contributed by atoms with van der Waals surface area (Å²) in [5, 5.41) is 25.4. The highest BCUT2D eigenvalue weighted by molar-refractivity contribution is 6.20. The van der Waals surface area contributed by atoms with E-state index < -0.39 is 11.0 Å². The van der Waals surface area contributed by atoms with Crippen LogP contribution in [0.25, 0.3) is 21.7 Å². The molecule has 0 radical (unpaired) electrons. The van der Waals surface area contributed by atoms with Gasteiger partial charge in [0.1, 0.15) is 24.7 Å². The van der Waals surface area contributed by atoms with Gasteiger partial charge in [-0.2, -0.15) is 0 Å². The number of alkyl halides is 1. The zero-order valence-electron chi connectivity index (χ0n) is 27.3. The number of rotatable bonds is 12. The number of nitrogens with one attached hydrogen (secondary N) is 2. The molecule has 4 aromatic carbocycles. The predicted molar refractivity (Wildman–Crippen MR) is 187 cm³/mol. The summed E-state index contributed by atoms with van der Waals surface area (Å²) in [6.45, 7) is -0.386. The van der Waals surface area contributed by atoms with Crippen molar-refractivity contribution in [3.63, 3.8) is 0 Å². The van der Waals surface area contributed by atoms with E-state index in [1.165, 1.54) is 39.5 Å². The molecule has 0 saturated carbocycles. The van der Waals surface area contributed by atoms with Crippen molar-refractivity contribution >= 4 is 62.3 Å². The smallest absolute Gasteiger partial charge is 0.411 e. The van der Waals surface area contributed by atoms with E-state index in [-0.39, 0.29) is 49.0 Å². The Hall–Kier alpha value is -5.73. The quantitative estimate of drug-likeness (QED) is 0.0753. The summed E-state index contributed by atoms with van der Waals surface area (Å²) in [4.78, 5) is 42.9. The Morgan fingerprint density at radius 2 is 1.78 bits per heavy atom. The minimum Gasteiger partial charge on any atom is -0.493 e. The topological polar surface area (TPSA) is 175 Å². The standard InChI is InChI=1S/C35H33ClN4O10/c1-46-29-13-20-12-26(37-31(20)33(48-3)32(29)47-2)34(42)39-17-21(16-36)30-24-7-5-4-6-23(24)25(15-27(30)39)38-35(43)50-18-19-8-9-22(40(44)45)14-28(19)49-11-10-41/h4-9,12-15,21,37,41H,10-11,16-18H2,1-3H3,(H,38,43). The van der Waals surface area contributed by atoms with Gasteiger partial charge >= 0.3 is 6.09 Å². The van der Waals surface area contributed by atoms with Crippen molar-refractivity contribution in [2.24, 2.45) is 0 Å². The number of ether oxygens (including phenoxy) is 5. The van der Waals surface area contributed by atoms with Gasteiger partial charge in [-0.1, -0.05) is 24.3 Å². The van der Waals surface area contributed by atoms with Crippen LogP contribution in [0.1, 0.15) is 27.5 Å². The summed E-state index contributed by atoms with van der Waals surface area (Å²) in [5.74, 6) is 1.05. The first kappa shape index (κ1) is 34.1. The van der Waals surface area contributed by atoms with E-state index >= 15 is 0 Å². The Balaban J connectivity index is 1.33. The third-order valence-corrected chi connectivity index (χ3v) is 8.83. The third kappa shape index (κ3) is 6.26. The van der Waals surface area contributed by atoms with E-state index in [0.717, 1.165) is 10.9 Å². The molecular formula is C35H33ClN4O10. The molecule has 0 saturated heterocycles. The molecular weight excluding hydrogens is 672 g/mol. The number of benzene rings is 4. The van der Waals surface area contributed by atoms with Gasteiger partial charge in [-0.15, -0.1) is 11.6 Å². The Labute approximate surface area is 290 Å². The lowest BCUT2D eigenvalue weighted by Crippen LogP contribution is -2.30. The lowest BCUT2D eigenvalue weighted by molar-refractivity contribution is -0.385. The average Bonchev–Trinajstić information content (AvgIpc) is 3.73. The van der Waals surface area contributed by atoms with Gasteiger partial charge in [0, 0.05) is 40.7 Å². The molecule has 2 amide bonds. The van der Waals surface area contributed by atoms with Crippen molar-refractivity contribution in [1.29, 1.82) is 0 Å². The van der Waals surface area contributed by atoms with Crippen molar-refractivity contribution in [2.75, 3.05) is 57.2 Å². The molecule has 1 unspecified atom stereocenters. The van der Waals surface area contributed by atoms with Crippen LogP contribution in [0.5, 0.6) is 23.0 Å². The van der Waals surface area contributed by atoms with Crippen molar-refractivity contribution in [3.8, 4) is 23.0 Å². The van der Waals surface area contributed by atoms with Crippen LogP contribution in [-0.2, 0) is 11.3 Å². The predicted octanol–water partition coefficient (Wildman–Crippen LogP) is 6.36. The maximum atomic E-state index is 14.2. The minimum absolute atomic E-state index is 0.103. The molecule has 0 aliphatic carbocycles. The lowest BCUT2D eigenvalue weighted by Gasteiger charge is -2.19. The van der Waals surface area contributed by atoms with E-state index in [1.54, 1.807) is 23.1 Å². The summed E-state index contributed by atoms with van der Waals surface area (Å²) in [6.07, 6.45) is -0.808. The van der Waals surface area contributed by atoms with Crippen molar-refractivity contribution in [2.45, 2.75) is 12.5 Å². The molecule has 15 heteroatoms. The second-order valence-corrected chi connectivity index (χ2v) is 11.6. The van der Waals surface area contributed by atoms with E-state index in [4.69, 9.17) is 35.3 Å². The zero-order valence-corrected chi connectivity index (χ0v) is 28.0. The number of non-ortho nitro benzene ring substituents is 1. The maximum Gasteiger partial charge on any atom is 0.411 e. The van der Waals surface area contributed by atoms with Crippen LogP contribution in [0.2, 0.25) is 0 Å². The number of hydrogen-bond acceptors (Lipinski definition) is 10. The first-order valence-corrected chi connectivity index (χ1v) is 16.0. The van der Waals surface area contributed by atoms with Crippen molar-refractivity contribution in [3.05, 3.63) is 87.6 Å². The third-order valence-electron chi connectivity index (χ3n) is 8.45. The van der Waals surface area contributed by atoms with Crippen molar-refractivity contribution in [1.82, 2.24) is 4.98 Å². The molecule has 0 spiro atoms. The van der Waals surface area contributed by atoms with E-state index in [1.807, 2.05) is 24.3 Å². The normalized spacial score (nSPS) is 13.6. The molecule has 6 rings (SSSR count). The second kappa shape index (κ2) is 14.4. The number of aromatic amines is 1. The van der Waals surface area contributed by atoms with Crippen LogP contribution >= 0.6 is 11.6 Å². The molecule has 50 heavy (non-hydrogen) atoms. The summed E-state index contributed by atoms with van der Waals surface area (Å²) in [6, 6.07) is 16.5. The highest BCUT2D eigenvalue weighted by Crippen LogP contribution is 2.47. The number of carbonyl (C=O) groups is 2. The summed E-state index contributed by atoms with van der Waals surface area (Å²) >= 11 is 6.48. The molecule has 0 fully saturated rings. The molecule has 3 N–H and O–H groups in total. The van der Waals surface area contributed by atoms with Crippen molar-refractivity contribution < 1.29 is 43.3 Å². The number of nitrogens with zero attached hydrogens (tertiary/aromatic N) is 2. The number of hydrogen-bond donors (Lipinski definition) is 3. The molecule has 1 aliphatic heterocycles. The Bertz CT molecular complexity index is 2120. The van der Waals surface area contributed by atoms with Gasteiger partial charge in [-0.25, -0.2) is 4.79 Å². The maximum absolute atomic E-state index is 14.2. The molecule has 1 atom stereocenters. The number of halogens is 1. The number of amides is 2. The number of nitro groups is 1. The largest absolute Gasteiger partial charge is 0.493 e. The average molecular weight is 705 g/mol. The fourth-order valence-corrected chi connectivity index (χ4v) is 6.48. The van der Waals surface area contributed by atoms with Gasteiger partial charge in [0.25, 0.3) is 11.6 Å². The van der Waals surface area contributed by atoms with Gasteiger partial charge < -0.3 is 38.7 Å². The number of aliphatic hydroxyl groups excluding tert-OH is 1. The summed E-state index contributed by atoms with van der Waals surface area (Å²) in [7, 11) is 4.52. The van der Waals surface area contributed by atoms with Crippen LogP contribution in [0.15, 0.2) is 60.7 Å². The molecule has 1 aliphatic rings. The van der Waals surface area contributed by atoms with Gasteiger partial charge in [-0.3, -0.25) is 20.2 Å². The fraction of sp³-hybridized carbons (Fsp3) is 0.257. The van der Waals surface area contributed by atoms with E-state index in [9.17, 15) is 24.8 Å². The number of methoxy groups -OCH3 is 3. The number of fused-ring (bicyclic) bond motifs is 4. The summed E-state index contributed by atoms with van der Waals surface area (Å²) < 4.78 is 27.5. The first-order chi connectivity index (χ1) is 24.2. The Kier molecular flexibility index (Phi) is 9.83. The molecule has 1 aromatic heterocycles. The SMILES string of the molecule is COc1cc2cc(C(=O)N3CC(CCl)c4c3cc(NC(=O)OCc3ccc([N+](=O)[O-])cc3OCCO)c3ccccc43)[nH]c2c(OC)c1OC. The molecule has 14 nitrogen and oxygen atoms in total. The second-order valence-electron chi connectivity index (χ2n) is 11.3. The highest BCUT2D eigenvalue weighted by atomic mass is 35.5. The Morgan fingerprint density at radius 3 is 2.46 bits per heavy atom. The van der Waals surface area contributed by atoms with Crippen LogP contribution in [-0.4, -0.2) is 74.0 Å². The molecule has 260 valence electrons. The molecule has 2 heterocycles. The summed E-state index contributed by atoms with van der Waals surface area (Å²) in [5.41, 5.74) is 2.84. The number of aromatic nitrogens is 1. The van der Waals surface area contributed by atoms with Gasteiger partial charge in [0.05, 0.1) is 55.8 Å². The van der Waals surface area contributed by atoms with Crippen LogP contribution in [0, 0.1) is 10.1 Å². The van der Waals surface area contributed by atoms with Crippen LogP contribution < -0.4 is 29.2 Å². The Morgan fingerprint density at radius 1 is 1.02 bits per heavy atom. The van der Waals surface area contributed by atoms with Gasteiger partial charge in [0.15, 0.2) is 11.5 Å². The van der Waals surface area contributed by atoms with Gasteiger partial charge in [0.2, 0.25) is 5.75 Å². The highest BCUT2D eigenvalue weighted by Gasteiger charge is 2.36. The fourth-order valence-electron chi connectivity index (χ4n) is 6.23. The number of nitro benzene ring substituents is 1. The zero-order chi connectivity index (χ0) is 35.5. The molecule has 5 aromatic rings. The number of H-pyrrole nitrogens is 1. The molecule has 0 bridgehead atoms. The first-order valence-electron chi connectivity index (χ1n) is 15.4. The van der Waals surface area contributed by atoms with Crippen LogP contribution in [0.4, 0.5) is 21.9 Å². The number of carbonyl (C=O) groups excluding carboxylic acids is 2. The van der Waals surface area contributed by atoms with Gasteiger partial charge in [-0.05, 0) is 35.2 Å². The number of aliphatic hydroxyl groups is 1. The van der Waals surface area contributed by atoms with E-state index in [2.05, 4.69) is 10.3 Å². The van der Waals surface area contributed by atoms with Crippen LogP contribution in [0.3, 0.4) is 0 Å². The lowest BCUT2D eigenvalue weighted by atomic mass is 9.95. The monoisotopic (exact) mass is 704 g/mol. The van der Waals surface area contributed by atoms with E-state index in [0.29, 0.717) is 62.7 Å². The number of anilines is 2.